The normalized spacial score (nSPS) is 14.9. The van der Waals surface area contributed by atoms with Crippen molar-refractivity contribution in [3.8, 4) is 5.75 Å². The van der Waals surface area contributed by atoms with Gasteiger partial charge in [-0.2, -0.15) is 0 Å². The first-order valence-electron chi connectivity index (χ1n) is 10.1. The van der Waals surface area contributed by atoms with E-state index in [1.54, 1.807) is 7.11 Å². The Labute approximate surface area is 186 Å². The van der Waals surface area contributed by atoms with Crippen molar-refractivity contribution in [3.63, 3.8) is 0 Å². The predicted octanol–water partition coefficient (Wildman–Crippen LogP) is 3.47. The van der Waals surface area contributed by atoms with E-state index in [2.05, 4.69) is 41.6 Å². The van der Waals surface area contributed by atoms with Crippen molar-refractivity contribution in [3.05, 3.63) is 29.3 Å². The lowest BCUT2D eigenvalue weighted by molar-refractivity contribution is -0.130. The monoisotopic (exact) mass is 502 g/mol. The Balaban J connectivity index is 0.00000392. The van der Waals surface area contributed by atoms with Gasteiger partial charge >= 0.3 is 0 Å². The number of amides is 1. The zero-order valence-corrected chi connectivity index (χ0v) is 19.8. The molecule has 7 heteroatoms. The van der Waals surface area contributed by atoms with Crippen LogP contribution in [0.5, 0.6) is 5.75 Å². The fraction of sp³-hybridized carbons (Fsp3) is 0.619. The third-order valence-corrected chi connectivity index (χ3v) is 4.76. The van der Waals surface area contributed by atoms with Gasteiger partial charge in [-0.15, -0.1) is 24.0 Å². The standard InChI is InChI=1S/C21H34N4O2.HI/c1-4-22-21(24-16-18-11-10-17(2)15-19(18)27-3)23-12-8-14-25-13-7-5-6-9-20(25)26;/h10-11,15H,4-9,12-14,16H2,1-3H3,(H2,22,23,24);1H. The molecule has 1 heterocycles. The molecule has 1 aromatic rings. The van der Waals surface area contributed by atoms with Crippen molar-refractivity contribution in [1.82, 2.24) is 15.5 Å². The molecule has 2 rings (SSSR count). The van der Waals surface area contributed by atoms with Crippen molar-refractivity contribution in [1.29, 1.82) is 0 Å². The Kier molecular flexibility index (Phi) is 11.9. The number of hydrogen-bond donors (Lipinski definition) is 2. The number of rotatable bonds is 8. The Morgan fingerprint density at radius 1 is 1.25 bits per heavy atom. The van der Waals surface area contributed by atoms with Crippen molar-refractivity contribution in [2.45, 2.75) is 52.5 Å². The number of nitrogens with one attached hydrogen (secondary N) is 2. The number of nitrogens with zero attached hydrogens (tertiary/aromatic N) is 2. The quantitative estimate of drug-likeness (QED) is 0.247. The number of methoxy groups -OCH3 is 1. The van der Waals surface area contributed by atoms with Crippen LogP contribution in [0, 0.1) is 6.92 Å². The van der Waals surface area contributed by atoms with Crippen LogP contribution in [-0.4, -0.2) is 50.1 Å². The summed E-state index contributed by atoms with van der Waals surface area (Å²) < 4.78 is 5.46. The van der Waals surface area contributed by atoms with E-state index in [9.17, 15) is 4.79 Å². The van der Waals surface area contributed by atoms with E-state index in [4.69, 9.17) is 4.74 Å². The third kappa shape index (κ3) is 8.24. The van der Waals surface area contributed by atoms with Crippen LogP contribution in [0.1, 0.15) is 50.2 Å². The number of ether oxygens (including phenoxy) is 1. The molecule has 158 valence electrons. The van der Waals surface area contributed by atoms with E-state index in [0.717, 1.165) is 62.7 Å². The third-order valence-electron chi connectivity index (χ3n) is 4.76. The zero-order chi connectivity index (χ0) is 19.5. The lowest BCUT2D eigenvalue weighted by Crippen LogP contribution is -2.39. The average Bonchev–Trinajstić information content (AvgIpc) is 2.87. The van der Waals surface area contributed by atoms with Crippen LogP contribution in [0.15, 0.2) is 23.2 Å². The van der Waals surface area contributed by atoms with Gasteiger partial charge in [0, 0.05) is 38.2 Å². The molecule has 0 aromatic heterocycles. The fourth-order valence-electron chi connectivity index (χ4n) is 3.24. The van der Waals surface area contributed by atoms with E-state index in [-0.39, 0.29) is 24.0 Å². The molecule has 1 fully saturated rings. The van der Waals surface area contributed by atoms with Crippen LogP contribution >= 0.6 is 24.0 Å². The SMILES string of the molecule is CCNC(=NCc1ccc(C)cc1OC)NCCCN1CCCCCC1=O.I. The number of aryl methyl sites for hydroxylation is 1. The van der Waals surface area contributed by atoms with Crippen LogP contribution in [0.4, 0.5) is 0 Å². The Hall–Kier alpha value is -1.51. The van der Waals surface area contributed by atoms with Gasteiger partial charge in [-0.05, 0) is 44.7 Å². The van der Waals surface area contributed by atoms with Gasteiger partial charge in [0.25, 0.3) is 0 Å². The molecule has 1 saturated heterocycles. The minimum absolute atomic E-state index is 0. The number of guanidine groups is 1. The molecule has 0 radical (unpaired) electrons. The second-order valence-corrected chi connectivity index (χ2v) is 6.98. The van der Waals surface area contributed by atoms with Gasteiger partial charge in [0.05, 0.1) is 13.7 Å². The summed E-state index contributed by atoms with van der Waals surface area (Å²) in [6.07, 6.45) is 4.95. The van der Waals surface area contributed by atoms with E-state index in [1.165, 1.54) is 12.0 Å². The Morgan fingerprint density at radius 2 is 2.07 bits per heavy atom. The summed E-state index contributed by atoms with van der Waals surface area (Å²) in [5, 5.41) is 6.65. The molecule has 6 nitrogen and oxygen atoms in total. The fourth-order valence-corrected chi connectivity index (χ4v) is 3.24. The maximum Gasteiger partial charge on any atom is 0.222 e. The highest BCUT2D eigenvalue weighted by molar-refractivity contribution is 14.0. The van der Waals surface area contributed by atoms with E-state index in [1.807, 2.05) is 11.0 Å². The van der Waals surface area contributed by atoms with Crippen LogP contribution < -0.4 is 15.4 Å². The molecule has 0 aliphatic carbocycles. The first-order valence-corrected chi connectivity index (χ1v) is 10.1. The topological polar surface area (TPSA) is 66.0 Å². The molecule has 1 aliphatic rings. The predicted molar refractivity (Wildman–Crippen MR) is 126 cm³/mol. The lowest BCUT2D eigenvalue weighted by atomic mass is 10.1. The number of carbonyl (C=O) groups is 1. The molecule has 0 bridgehead atoms. The van der Waals surface area contributed by atoms with Crippen LogP contribution in [0.3, 0.4) is 0 Å². The van der Waals surface area contributed by atoms with Crippen LogP contribution in [-0.2, 0) is 11.3 Å². The summed E-state index contributed by atoms with van der Waals surface area (Å²) in [6.45, 7) is 7.98. The molecular weight excluding hydrogens is 467 g/mol. The van der Waals surface area contributed by atoms with Crippen molar-refractivity contribution < 1.29 is 9.53 Å². The highest BCUT2D eigenvalue weighted by Crippen LogP contribution is 2.20. The first-order chi connectivity index (χ1) is 13.1. The van der Waals surface area contributed by atoms with Crippen LogP contribution in [0.2, 0.25) is 0 Å². The summed E-state index contributed by atoms with van der Waals surface area (Å²) >= 11 is 0. The van der Waals surface area contributed by atoms with Gasteiger partial charge < -0.3 is 20.3 Å². The minimum atomic E-state index is 0. The maximum atomic E-state index is 12.0. The van der Waals surface area contributed by atoms with Gasteiger partial charge in [-0.3, -0.25) is 4.79 Å². The molecule has 2 N–H and O–H groups in total. The first kappa shape index (κ1) is 24.5. The molecule has 28 heavy (non-hydrogen) atoms. The highest BCUT2D eigenvalue weighted by atomic mass is 127. The highest BCUT2D eigenvalue weighted by Gasteiger charge is 2.15. The van der Waals surface area contributed by atoms with Crippen molar-refractivity contribution >= 4 is 35.8 Å². The van der Waals surface area contributed by atoms with Gasteiger partial charge in [0.2, 0.25) is 5.91 Å². The number of hydrogen-bond acceptors (Lipinski definition) is 3. The molecule has 0 unspecified atom stereocenters. The molecule has 0 spiro atoms. The summed E-state index contributed by atoms with van der Waals surface area (Å²) in [6, 6.07) is 6.17. The molecule has 1 amide bonds. The van der Waals surface area contributed by atoms with Gasteiger partial charge in [-0.25, -0.2) is 4.99 Å². The lowest BCUT2D eigenvalue weighted by Gasteiger charge is -2.20. The number of benzene rings is 1. The van der Waals surface area contributed by atoms with Crippen LogP contribution in [0.25, 0.3) is 0 Å². The molecule has 1 aliphatic heterocycles. The van der Waals surface area contributed by atoms with Gasteiger partial charge in [-0.1, -0.05) is 18.6 Å². The van der Waals surface area contributed by atoms with Gasteiger partial charge in [0.1, 0.15) is 5.75 Å². The largest absolute Gasteiger partial charge is 0.496 e. The van der Waals surface area contributed by atoms with Crippen molar-refractivity contribution in [2.75, 3.05) is 33.3 Å². The molecule has 1 aromatic carbocycles. The summed E-state index contributed by atoms with van der Waals surface area (Å²) in [7, 11) is 1.69. The maximum absolute atomic E-state index is 12.0. The minimum Gasteiger partial charge on any atom is -0.496 e. The Bertz CT molecular complexity index is 637. The van der Waals surface area contributed by atoms with Crippen molar-refractivity contribution in [2.24, 2.45) is 4.99 Å². The molecular formula is C21H35IN4O2. The molecule has 0 atom stereocenters. The smallest absolute Gasteiger partial charge is 0.222 e. The number of halogens is 1. The summed E-state index contributed by atoms with van der Waals surface area (Å²) in [5.41, 5.74) is 2.24. The summed E-state index contributed by atoms with van der Waals surface area (Å²) in [5.74, 6) is 1.97. The average molecular weight is 502 g/mol. The zero-order valence-electron chi connectivity index (χ0n) is 17.4. The van der Waals surface area contributed by atoms with E-state index in [0.29, 0.717) is 18.9 Å². The number of aliphatic imine (C=N–C) groups is 1. The van der Waals surface area contributed by atoms with E-state index < -0.39 is 0 Å². The van der Waals surface area contributed by atoms with Gasteiger partial charge in [0.15, 0.2) is 5.96 Å². The number of likely N-dealkylation sites (tertiary alicyclic amines) is 1. The molecule has 0 saturated carbocycles. The Morgan fingerprint density at radius 3 is 2.82 bits per heavy atom. The van der Waals surface area contributed by atoms with E-state index >= 15 is 0 Å². The second kappa shape index (κ2) is 13.6. The summed E-state index contributed by atoms with van der Waals surface area (Å²) in [4.78, 5) is 18.7. The number of carbonyl (C=O) groups excluding carboxylic acids is 1. The second-order valence-electron chi connectivity index (χ2n) is 6.98.